The minimum Gasteiger partial charge on any atom is -0.477 e. The number of H-pyrrole nitrogens is 1. The summed E-state index contributed by atoms with van der Waals surface area (Å²) in [5.41, 5.74) is 0.239. The number of aromatic amines is 1. The number of aromatic carboxylic acids is 1. The molecule has 2 N–H and O–H groups in total. The minimum absolute atomic E-state index is 0.0656. The number of aromatic nitrogens is 2. The molecule has 0 aliphatic rings. The molecule has 7 heteroatoms. The highest BCUT2D eigenvalue weighted by atomic mass is 35.5. The normalized spacial score (nSPS) is 10.7. The average Bonchev–Trinajstić information content (AvgIpc) is 2.88. The monoisotopic (exact) mass is 307 g/mol. The number of rotatable bonds is 4. The van der Waals surface area contributed by atoms with Crippen molar-refractivity contribution < 1.29 is 14.7 Å². The number of hydrogen-bond donors (Lipinski definition) is 2. The van der Waals surface area contributed by atoms with E-state index in [-0.39, 0.29) is 23.3 Å². The van der Waals surface area contributed by atoms with Crippen LogP contribution >= 0.6 is 11.6 Å². The third-order valence-electron chi connectivity index (χ3n) is 2.93. The molecule has 0 unspecified atom stereocenters. The number of amides is 1. The average molecular weight is 308 g/mol. The number of anilines is 1. The zero-order valence-corrected chi connectivity index (χ0v) is 12.3. The lowest BCUT2D eigenvalue weighted by molar-refractivity contribution is 0.0697. The quantitative estimate of drug-likeness (QED) is 0.909. The fourth-order valence-corrected chi connectivity index (χ4v) is 2.19. The first-order valence-corrected chi connectivity index (χ1v) is 6.66. The van der Waals surface area contributed by atoms with Gasteiger partial charge >= 0.3 is 5.97 Å². The van der Waals surface area contributed by atoms with Crippen LogP contribution in [0.3, 0.4) is 0 Å². The summed E-state index contributed by atoms with van der Waals surface area (Å²) in [6.45, 7) is 3.56. The van der Waals surface area contributed by atoms with E-state index in [0.717, 1.165) is 0 Å². The highest BCUT2D eigenvalue weighted by Crippen LogP contribution is 2.25. The van der Waals surface area contributed by atoms with Crippen molar-refractivity contribution in [1.82, 2.24) is 10.2 Å². The molecule has 1 aromatic carbocycles. The Morgan fingerprint density at radius 2 is 1.95 bits per heavy atom. The summed E-state index contributed by atoms with van der Waals surface area (Å²) in [5, 5.41) is 15.8. The molecule has 2 rings (SSSR count). The molecule has 2 aromatic rings. The number of carboxylic acid groups (broad SMARTS) is 1. The zero-order valence-electron chi connectivity index (χ0n) is 11.5. The van der Waals surface area contributed by atoms with E-state index in [4.69, 9.17) is 16.7 Å². The van der Waals surface area contributed by atoms with Crippen molar-refractivity contribution in [3.63, 3.8) is 0 Å². The van der Waals surface area contributed by atoms with Gasteiger partial charge in [0.1, 0.15) is 11.4 Å². The Bertz CT molecular complexity index is 682. The van der Waals surface area contributed by atoms with Gasteiger partial charge in [0, 0.05) is 6.04 Å². The lowest BCUT2D eigenvalue weighted by Gasteiger charge is -2.26. The molecule has 110 valence electrons. The highest BCUT2D eigenvalue weighted by molar-refractivity contribution is 6.34. The summed E-state index contributed by atoms with van der Waals surface area (Å²) in [6, 6.07) is 6.35. The molecular weight excluding hydrogens is 294 g/mol. The van der Waals surface area contributed by atoms with E-state index < -0.39 is 5.97 Å². The van der Waals surface area contributed by atoms with Crippen molar-refractivity contribution in [3.05, 3.63) is 46.6 Å². The molecule has 0 saturated heterocycles. The Morgan fingerprint density at radius 3 is 2.52 bits per heavy atom. The molecule has 6 nitrogen and oxygen atoms in total. The van der Waals surface area contributed by atoms with Gasteiger partial charge in [0.05, 0.1) is 16.8 Å². The second-order valence-corrected chi connectivity index (χ2v) is 5.09. The van der Waals surface area contributed by atoms with Crippen LogP contribution in [0.25, 0.3) is 0 Å². The maximum absolute atomic E-state index is 12.7. The van der Waals surface area contributed by atoms with Gasteiger partial charge in [-0.15, -0.1) is 0 Å². The molecule has 0 bridgehead atoms. The van der Waals surface area contributed by atoms with Gasteiger partial charge in [0.25, 0.3) is 5.91 Å². The highest BCUT2D eigenvalue weighted by Gasteiger charge is 2.27. The van der Waals surface area contributed by atoms with Crippen molar-refractivity contribution >= 4 is 29.3 Å². The first-order chi connectivity index (χ1) is 9.93. The first kappa shape index (κ1) is 15.1. The predicted octanol–water partition coefficient (Wildman–Crippen LogP) is 2.82. The van der Waals surface area contributed by atoms with Gasteiger partial charge in [0.15, 0.2) is 0 Å². The molecule has 0 fully saturated rings. The second kappa shape index (κ2) is 5.97. The van der Waals surface area contributed by atoms with Crippen LogP contribution in [0.1, 0.15) is 34.6 Å². The SMILES string of the molecule is CC(C)N(C(=O)c1ccccc1Cl)c1[nH]ncc1C(=O)O. The van der Waals surface area contributed by atoms with Crippen LogP contribution in [0, 0.1) is 0 Å². The Labute approximate surface area is 126 Å². The number of carboxylic acids is 1. The van der Waals surface area contributed by atoms with Crippen LogP contribution in [-0.2, 0) is 0 Å². The van der Waals surface area contributed by atoms with Crippen LogP contribution in [-0.4, -0.2) is 33.2 Å². The molecule has 1 heterocycles. The molecule has 1 amide bonds. The molecule has 0 saturated carbocycles. The van der Waals surface area contributed by atoms with Gasteiger partial charge in [0.2, 0.25) is 0 Å². The van der Waals surface area contributed by atoms with Gasteiger partial charge in [-0.1, -0.05) is 23.7 Å². The third-order valence-corrected chi connectivity index (χ3v) is 3.26. The van der Waals surface area contributed by atoms with Crippen molar-refractivity contribution in [2.45, 2.75) is 19.9 Å². The molecule has 1 aromatic heterocycles. The summed E-state index contributed by atoms with van der Waals surface area (Å²) in [4.78, 5) is 25.2. The number of nitrogens with one attached hydrogen (secondary N) is 1. The molecule has 0 aliphatic heterocycles. The smallest absolute Gasteiger partial charge is 0.341 e. The number of halogens is 1. The van der Waals surface area contributed by atoms with E-state index in [1.165, 1.54) is 11.1 Å². The lowest BCUT2D eigenvalue weighted by Crippen LogP contribution is -2.38. The standard InChI is InChI=1S/C14H14ClN3O3/c1-8(2)18(12-10(14(20)21)7-16-17-12)13(19)9-5-3-4-6-11(9)15/h3-8H,1-2H3,(H,16,17)(H,20,21). The molecule has 0 atom stereocenters. The Morgan fingerprint density at radius 1 is 1.29 bits per heavy atom. The minimum atomic E-state index is -1.16. The van der Waals surface area contributed by atoms with Crippen LogP contribution in [0.4, 0.5) is 5.82 Å². The van der Waals surface area contributed by atoms with Crippen LogP contribution < -0.4 is 4.90 Å². The Kier molecular flexibility index (Phi) is 4.28. The molecule has 0 radical (unpaired) electrons. The predicted molar refractivity (Wildman–Crippen MR) is 78.9 cm³/mol. The van der Waals surface area contributed by atoms with Crippen LogP contribution in [0.5, 0.6) is 0 Å². The van der Waals surface area contributed by atoms with E-state index in [1.807, 2.05) is 0 Å². The number of carbonyl (C=O) groups is 2. The van der Waals surface area contributed by atoms with Crippen LogP contribution in [0.2, 0.25) is 5.02 Å². The topological polar surface area (TPSA) is 86.3 Å². The summed E-state index contributed by atoms with van der Waals surface area (Å²) < 4.78 is 0. The number of nitrogens with zero attached hydrogens (tertiary/aromatic N) is 2. The van der Waals surface area contributed by atoms with E-state index in [9.17, 15) is 9.59 Å². The van der Waals surface area contributed by atoms with E-state index in [1.54, 1.807) is 38.1 Å². The van der Waals surface area contributed by atoms with Crippen molar-refractivity contribution in [2.24, 2.45) is 0 Å². The van der Waals surface area contributed by atoms with E-state index in [0.29, 0.717) is 10.6 Å². The van der Waals surface area contributed by atoms with E-state index in [2.05, 4.69) is 10.2 Å². The van der Waals surface area contributed by atoms with Crippen molar-refractivity contribution in [1.29, 1.82) is 0 Å². The summed E-state index contributed by atoms with van der Waals surface area (Å²) in [6.07, 6.45) is 1.17. The van der Waals surface area contributed by atoms with Crippen LogP contribution in [0.15, 0.2) is 30.5 Å². The zero-order chi connectivity index (χ0) is 15.6. The third kappa shape index (κ3) is 2.90. The molecule has 0 aliphatic carbocycles. The largest absolute Gasteiger partial charge is 0.477 e. The Hall–Kier alpha value is -2.34. The molecule has 0 spiro atoms. The molecular formula is C14H14ClN3O3. The van der Waals surface area contributed by atoms with Crippen molar-refractivity contribution in [2.75, 3.05) is 4.90 Å². The number of hydrogen-bond acceptors (Lipinski definition) is 3. The second-order valence-electron chi connectivity index (χ2n) is 4.69. The maximum Gasteiger partial charge on any atom is 0.341 e. The number of benzene rings is 1. The fourth-order valence-electron chi connectivity index (χ4n) is 1.98. The summed E-state index contributed by atoms with van der Waals surface area (Å²) in [5.74, 6) is -1.40. The summed E-state index contributed by atoms with van der Waals surface area (Å²) in [7, 11) is 0. The van der Waals surface area contributed by atoms with Gasteiger partial charge in [-0.25, -0.2) is 4.79 Å². The fraction of sp³-hybridized carbons (Fsp3) is 0.214. The maximum atomic E-state index is 12.7. The Balaban J connectivity index is 2.50. The van der Waals surface area contributed by atoms with Gasteiger partial charge in [-0.2, -0.15) is 5.10 Å². The van der Waals surface area contributed by atoms with Gasteiger partial charge < -0.3 is 5.11 Å². The first-order valence-electron chi connectivity index (χ1n) is 6.28. The summed E-state index contributed by atoms with van der Waals surface area (Å²) >= 11 is 6.04. The lowest BCUT2D eigenvalue weighted by atomic mass is 10.1. The number of carbonyl (C=O) groups excluding carboxylic acids is 1. The van der Waals surface area contributed by atoms with Gasteiger partial charge in [-0.05, 0) is 26.0 Å². The van der Waals surface area contributed by atoms with Gasteiger partial charge in [-0.3, -0.25) is 14.8 Å². The molecule has 21 heavy (non-hydrogen) atoms. The van der Waals surface area contributed by atoms with Crippen molar-refractivity contribution in [3.8, 4) is 0 Å². The van der Waals surface area contributed by atoms with E-state index >= 15 is 0 Å².